The van der Waals surface area contributed by atoms with Crippen molar-refractivity contribution >= 4 is 30.7 Å². The zero-order chi connectivity index (χ0) is 16.3. The smallest absolute Gasteiger partial charge is 0.340 e. The lowest BCUT2D eigenvalue weighted by Crippen LogP contribution is -2.58. The van der Waals surface area contributed by atoms with Gasteiger partial charge in [-0.3, -0.25) is 9.69 Å². The van der Waals surface area contributed by atoms with E-state index in [-0.39, 0.29) is 50.4 Å². The standard InChI is InChI=1S/C14H26F3N3O.2ClH/c1-4-13(5-2,10-18)12(21)20-8-6-19(7-9-20)11(3)14(15,16)17;;/h11H,4-10,18H2,1-3H3;2*1H. The second kappa shape index (κ2) is 9.91. The minimum Gasteiger partial charge on any atom is -0.340 e. The van der Waals surface area contributed by atoms with Crippen molar-refractivity contribution < 1.29 is 18.0 Å². The molecular weight excluding hydrogens is 354 g/mol. The number of hydrogen-bond donors (Lipinski definition) is 1. The summed E-state index contributed by atoms with van der Waals surface area (Å²) in [4.78, 5) is 15.6. The van der Waals surface area contributed by atoms with Crippen LogP contribution in [0.5, 0.6) is 0 Å². The van der Waals surface area contributed by atoms with Crippen molar-refractivity contribution in [3.8, 4) is 0 Å². The minimum absolute atomic E-state index is 0. The van der Waals surface area contributed by atoms with E-state index in [0.29, 0.717) is 25.9 Å². The molecular formula is C14H28Cl2F3N3O. The molecule has 140 valence electrons. The zero-order valence-electron chi connectivity index (χ0n) is 13.9. The summed E-state index contributed by atoms with van der Waals surface area (Å²) in [5.41, 5.74) is 5.19. The minimum atomic E-state index is -4.22. The molecule has 1 unspecified atom stereocenters. The Labute approximate surface area is 148 Å². The lowest BCUT2D eigenvalue weighted by molar-refractivity contribution is -0.183. The average molecular weight is 382 g/mol. The third-order valence-corrected chi connectivity index (χ3v) is 4.82. The van der Waals surface area contributed by atoms with Gasteiger partial charge in [0.15, 0.2) is 0 Å². The Balaban J connectivity index is 0. The summed E-state index contributed by atoms with van der Waals surface area (Å²) in [6.45, 7) is 6.47. The highest BCUT2D eigenvalue weighted by molar-refractivity contribution is 5.85. The van der Waals surface area contributed by atoms with Gasteiger partial charge in [0.1, 0.15) is 6.04 Å². The summed E-state index contributed by atoms with van der Waals surface area (Å²) in [6.07, 6.45) is -2.92. The number of alkyl halides is 3. The highest BCUT2D eigenvalue weighted by Gasteiger charge is 2.43. The fourth-order valence-corrected chi connectivity index (χ4v) is 2.78. The normalized spacial score (nSPS) is 18.0. The summed E-state index contributed by atoms with van der Waals surface area (Å²) in [6, 6.07) is -1.47. The number of carbonyl (C=O) groups is 1. The van der Waals surface area contributed by atoms with Gasteiger partial charge in [-0.2, -0.15) is 13.2 Å². The van der Waals surface area contributed by atoms with Crippen molar-refractivity contribution in [2.75, 3.05) is 32.7 Å². The molecule has 0 aromatic heterocycles. The second-order valence-corrected chi connectivity index (χ2v) is 5.74. The molecule has 1 heterocycles. The average Bonchev–Trinajstić information content (AvgIpc) is 2.48. The van der Waals surface area contributed by atoms with Crippen molar-refractivity contribution in [2.45, 2.75) is 45.8 Å². The Morgan fingerprint density at radius 2 is 1.52 bits per heavy atom. The fourth-order valence-electron chi connectivity index (χ4n) is 2.78. The molecule has 0 bridgehead atoms. The van der Waals surface area contributed by atoms with E-state index in [2.05, 4.69) is 0 Å². The Morgan fingerprint density at radius 1 is 1.09 bits per heavy atom. The molecule has 0 aromatic carbocycles. The summed E-state index contributed by atoms with van der Waals surface area (Å²) in [7, 11) is 0. The van der Waals surface area contributed by atoms with E-state index in [0.717, 1.165) is 0 Å². The van der Waals surface area contributed by atoms with Gasteiger partial charge in [-0.1, -0.05) is 13.8 Å². The van der Waals surface area contributed by atoms with Gasteiger partial charge in [-0.15, -0.1) is 24.8 Å². The molecule has 1 amide bonds. The van der Waals surface area contributed by atoms with E-state index in [4.69, 9.17) is 5.73 Å². The van der Waals surface area contributed by atoms with E-state index >= 15 is 0 Å². The molecule has 1 saturated heterocycles. The van der Waals surface area contributed by atoms with E-state index in [1.165, 1.54) is 11.8 Å². The number of carbonyl (C=O) groups excluding carboxylic acids is 1. The molecule has 1 aliphatic rings. The summed E-state index contributed by atoms with van der Waals surface area (Å²) < 4.78 is 38.1. The van der Waals surface area contributed by atoms with Crippen LogP contribution in [0, 0.1) is 5.41 Å². The molecule has 9 heteroatoms. The first-order valence-corrected chi connectivity index (χ1v) is 7.52. The number of halogens is 5. The SMILES string of the molecule is CCC(CC)(CN)C(=O)N1CCN(C(C)C(F)(F)F)CC1.Cl.Cl. The van der Waals surface area contributed by atoms with Crippen molar-refractivity contribution in [1.29, 1.82) is 0 Å². The number of rotatable bonds is 5. The van der Waals surface area contributed by atoms with Gasteiger partial charge < -0.3 is 10.6 Å². The van der Waals surface area contributed by atoms with Gasteiger partial charge in [0.2, 0.25) is 5.91 Å². The second-order valence-electron chi connectivity index (χ2n) is 5.74. The van der Waals surface area contributed by atoms with Crippen LogP contribution in [-0.4, -0.2) is 60.6 Å². The van der Waals surface area contributed by atoms with E-state index in [1.54, 1.807) is 4.90 Å². The fraction of sp³-hybridized carbons (Fsp3) is 0.929. The van der Waals surface area contributed by atoms with Crippen LogP contribution >= 0.6 is 24.8 Å². The van der Waals surface area contributed by atoms with Crippen molar-refractivity contribution in [2.24, 2.45) is 11.1 Å². The lowest BCUT2D eigenvalue weighted by Gasteiger charge is -2.42. The van der Waals surface area contributed by atoms with E-state index in [1.807, 2.05) is 13.8 Å². The molecule has 2 N–H and O–H groups in total. The van der Waals surface area contributed by atoms with Crippen LogP contribution in [0.15, 0.2) is 0 Å². The van der Waals surface area contributed by atoms with Crippen molar-refractivity contribution in [3.63, 3.8) is 0 Å². The molecule has 1 rings (SSSR count). The van der Waals surface area contributed by atoms with Gasteiger partial charge in [0.05, 0.1) is 5.41 Å². The first-order chi connectivity index (χ1) is 9.71. The molecule has 0 saturated carbocycles. The number of nitrogens with two attached hydrogens (primary N) is 1. The molecule has 23 heavy (non-hydrogen) atoms. The van der Waals surface area contributed by atoms with Crippen LogP contribution in [0.25, 0.3) is 0 Å². The van der Waals surface area contributed by atoms with Crippen LogP contribution in [0.4, 0.5) is 13.2 Å². The molecule has 0 aliphatic carbocycles. The molecule has 4 nitrogen and oxygen atoms in total. The maximum atomic E-state index is 12.7. The molecule has 1 fully saturated rings. The Morgan fingerprint density at radius 3 is 1.83 bits per heavy atom. The quantitative estimate of drug-likeness (QED) is 0.796. The van der Waals surface area contributed by atoms with Gasteiger partial charge in [0, 0.05) is 32.7 Å². The van der Waals surface area contributed by atoms with Crippen LogP contribution in [0.3, 0.4) is 0 Å². The van der Waals surface area contributed by atoms with Crippen molar-refractivity contribution in [3.05, 3.63) is 0 Å². The predicted octanol–water partition coefficient (Wildman–Crippen LogP) is 2.69. The predicted molar refractivity (Wildman–Crippen MR) is 90.2 cm³/mol. The molecule has 0 spiro atoms. The summed E-state index contributed by atoms with van der Waals surface area (Å²) in [5.74, 6) is -0.0192. The highest BCUT2D eigenvalue weighted by atomic mass is 35.5. The van der Waals surface area contributed by atoms with Crippen LogP contribution in [-0.2, 0) is 4.79 Å². The van der Waals surface area contributed by atoms with Gasteiger partial charge in [0.25, 0.3) is 0 Å². The molecule has 1 aliphatic heterocycles. The zero-order valence-corrected chi connectivity index (χ0v) is 15.5. The topological polar surface area (TPSA) is 49.6 Å². The third kappa shape index (κ3) is 5.66. The molecule has 1 atom stereocenters. The van der Waals surface area contributed by atoms with E-state index < -0.39 is 17.6 Å². The van der Waals surface area contributed by atoms with Crippen molar-refractivity contribution in [1.82, 2.24) is 9.80 Å². The van der Waals surface area contributed by atoms with E-state index in [9.17, 15) is 18.0 Å². The molecule has 0 radical (unpaired) electrons. The van der Waals surface area contributed by atoms with Gasteiger partial charge in [-0.25, -0.2) is 0 Å². The Bertz CT molecular complexity index is 349. The summed E-state index contributed by atoms with van der Waals surface area (Å²) >= 11 is 0. The largest absolute Gasteiger partial charge is 0.403 e. The highest BCUT2D eigenvalue weighted by Crippen LogP contribution is 2.29. The molecule has 0 aromatic rings. The van der Waals surface area contributed by atoms with Crippen LogP contribution < -0.4 is 5.73 Å². The Kier molecular flexibility index (Phi) is 10.8. The van der Waals surface area contributed by atoms with Gasteiger partial charge in [-0.05, 0) is 19.8 Å². The third-order valence-electron chi connectivity index (χ3n) is 4.82. The van der Waals surface area contributed by atoms with Gasteiger partial charge >= 0.3 is 6.18 Å². The van der Waals surface area contributed by atoms with Crippen LogP contribution in [0.1, 0.15) is 33.6 Å². The monoisotopic (exact) mass is 381 g/mol. The number of nitrogens with zero attached hydrogens (tertiary/aromatic N) is 2. The number of amides is 1. The maximum Gasteiger partial charge on any atom is 0.403 e. The number of piperazine rings is 1. The Hall–Kier alpha value is -0.240. The number of hydrogen-bond acceptors (Lipinski definition) is 3. The first-order valence-electron chi connectivity index (χ1n) is 7.52. The first kappa shape index (κ1) is 25.0. The van der Waals surface area contributed by atoms with Crippen LogP contribution in [0.2, 0.25) is 0 Å². The summed E-state index contributed by atoms with van der Waals surface area (Å²) in [5, 5.41) is 0. The maximum absolute atomic E-state index is 12.7. The lowest BCUT2D eigenvalue weighted by atomic mass is 9.80.